The van der Waals surface area contributed by atoms with E-state index in [2.05, 4.69) is 4.98 Å². The topological polar surface area (TPSA) is 45.3 Å². The van der Waals surface area contributed by atoms with E-state index in [9.17, 15) is 9.18 Å². The van der Waals surface area contributed by atoms with E-state index in [4.69, 9.17) is 4.74 Å². The zero-order valence-electron chi connectivity index (χ0n) is 13.2. The second-order valence-corrected chi connectivity index (χ2v) is 6.09. The molecule has 0 saturated carbocycles. The molecule has 0 spiro atoms. The number of carbonyl (C=O) groups is 1. The van der Waals surface area contributed by atoms with Crippen molar-refractivity contribution in [2.75, 3.05) is 19.7 Å². The Morgan fingerprint density at radius 1 is 1.43 bits per heavy atom. The van der Waals surface area contributed by atoms with Crippen LogP contribution in [0.15, 0.2) is 36.5 Å². The number of aromatic nitrogens is 1. The standard InChI is InChI=1S/C18H21FN2O2/c1-13-9-16(20-10-13)18(22)21-8-4-5-14(11-21)12-23-17-7-3-2-6-15(17)19/h2-3,6-7,9-10,14,20H,4-5,8,11-12H2,1H3. The third-order valence-corrected chi connectivity index (χ3v) is 4.18. The number of ether oxygens (including phenoxy) is 1. The summed E-state index contributed by atoms with van der Waals surface area (Å²) in [5.74, 6) is 0.172. The Morgan fingerprint density at radius 2 is 2.26 bits per heavy atom. The zero-order chi connectivity index (χ0) is 16.2. The quantitative estimate of drug-likeness (QED) is 0.939. The first-order valence-electron chi connectivity index (χ1n) is 7.95. The minimum absolute atomic E-state index is 0.0219. The number of H-pyrrole nitrogens is 1. The van der Waals surface area contributed by atoms with Crippen molar-refractivity contribution in [3.63, 3.8) is 0 Å². The monoisotopic (exact) mass is 316 g/mol. The molecule has 1 unspecified atom stereocenters. The Morgan fingerprint density at radius 3 is 3.00 bits per heavy atom. The van der Waals surface area contributed by atoms with Gasteiger partial charge in [-0.25, -0.2) is 4.39 Å². The first-order chi connectivity index (χ1) is 11.1. The number of amides is 1. The Kier molecular flexibility index (Phi) is 4.65. The van der Waals surface area contributed by atoms with Gasteiger partial charge in [-0.1, -0.05) is 12.1 Å². The molecule has 0 bridgehead atoms. The fourth-order valence-electron chi connectivity index (χ4n) is 2.95. The van der Waals surface area contributed by atoms with Crippen LogP contribution in [0, 0.1) is 18.7 Å². The highest BCUT2D eigenvalue weighted by atomic mass is 19.1. The van der Waals surface area contributed by atoms with Crippen LogP contribution in [-0.2, 0) is 0 Å². The largest absolute Gasteiger partial charge is 0.490 e. The van der Waals surface area contributed by atoms with Gasteiger partial charge < -0.3 is 14.6 Å². The van der Waals surface area contributed by atoms with Crippen LogP contribution in [0.4, 0.5) is 4.39 Å². The molecule has 1 fully saturated rings. The van der Waals surface area contributed by atoms with E-state index >= 15 is 0 Å². The minimum Gasteiger partial charge on any atom is -0.490 e. The Hall–Kier alpha value is -2.30. The Labute approximate surface area is 135 Å². The first kappa shape index (κ1) is 15.6. The van der Waals surface area contributed by atoms with Gasteiger partial charge in [0, 0.05) is 25.2 Å². The van der Waals surface area contributed by atoms with Crippen molar-refractivity contribution in [1.82, 2.24) is 9.88 Å². The van der Waals surface area contributed by atoms with Crippen molar-refractivity contribution in [3.05, 3.63) is 53.6 Å². The third-order valence-electron chi connectivity index (χ3n) is 4.18. The van der Waals surface area contributed by atoms with Gasteiger partial charge in [0.1, 0.15) is 5.69 Å². The molecule has 23 heavy (non-hydrogen) atoms. The van der Waals surface area contributed by atoms with Crippen LogP contribution in [0.3, 0.4) is 0 Å². The lowest BCUT2D eigenvalue weighted by atomic mass is 9.98. The molecule has 122 valence electrons. The molecule has 0 radical (unpaired) electrons. The van der Waals surface area contributed by atoms with Crippen LogP contribution >= 0.6 is 0 Å². The molecule has 1 saturated heterocycles. The normalized spacial score (nSPS) is 18.0. The zero-order valence-corrected chi connectivity index (χ0v) is 13.2. The van der Waals surface area contributed by atoms with Gasteiger partial charge in [0.15, 0.2) is 11.6 Å². The van der Waals surface area contributed by atoms with Crippen molar-refractivity contribution in [1.29, 1.82) is 0 Å². The van der Waals surface area contributed by atoms with Crippen LogP contribution in [0.5, 0.6) is 5.75 Å². The highest BCUT2D eigenvalue weighted by Crippen LogP contribution is 2.22. The van der Waals surface area contributed by atoms with Gasteiger partial charge in [-0.15, -0.1) is 0 Å². The van der Waals surface area contributed by atoms with E-state index in [0.29, 0.717) is 18.8 Å². The molecule has 1 amide bonds. The predicted octanol–water partition coefficient (Wildman–Crippen LogP) is 3.39. The molecule has 5 heteroatoms. The van der Waals surface area contributed by atoms with Crippen molar-refractivity contribution in [3.8, 4) is 5.75 Å². The van der Waals surface area contributed by atoms with Crippen LogP contribution in [0.1, 0.15) is 28.9 Å². The van der Waals surface area contributed by atoms with E-state index in [1.807, 2.05) is 24.1 Å². The lowest BCUT2D eigenvalue weighted by molar-refractivity contribution is 0.0626. The van der Waals surface area contributed by atoms with Crippen LogP contribution in [0.2, 0.25) is 0 Å². The van der Waals surface area contributed by atoms with E-state index in [-0.39, 0.29) is 23.4 Å². The molecule has 2 aromatic rings. The van der Waals surface area contributed by atoms with Gasteiger partial charge in [-0.2, -0.15) is 0 Å². The number of hydrogen-bond acceptors (Lipinski definition) is 2. The molecule has 3 rings (SSSR count). The molecule has 1 aliphatic heterocycles. The van der Waals surface area contributed by atoms with E-state index in [1.54, 1.807) is 18.2 Å². The number of halogens is 1. The second-order valence-electron chi connectivity index (χ2n) is 6.09. The number of aryl methyl sites for hydroxylation is 1. The fraction of sp³-hybridized carbons (Fsp3) is 0.389. The van der Waals surface area contributed by atoms with Gasteiger partial charge in [-0.3, -0.25) is 4.79 Å². The summed E-state index contributed by atoms with van der Waals surface area (Å²) in [5.41, 5.74) is 1.67. The van der Waals surface area contributed by atoms with Crippen LogP contribution in [0.25, 0.3) is 0 Å². The number of nitrogens with one attached hydrogen (secondary N) is 1. The number of rotatable bonds is 4. The molecule has 1 atom stereocenters. The Bertz CT molecular complexity index is 683. The summed E-state index contributed by atoms with van der Waals surface area (Å²) in [7, 11) is 0. The number of aromatic amines is 1. The molecule has 1 aromatic heterocycles. The molecule has 4 nitrogen and oxygen atoms in total. The maximum Gasteiger partial charge on any atom is 0.270 e. The molecule has 1 aliphatic rings. The summed E-state index contributed by atoms with van der Waals surface area (Å²) in [5, 5.41) is 0. The van der Waals surface area contributed by atoms with Crippen molar-refractivity contribution in [2.45, 2.75) is 19.8 Å². The first-order valence-corrected chi connectivity index (χ1v) is 7.95. The average Bonchev–Trinajstić information content (AvgIpc) is 3.00. The number of nitrogens with zero attached hydrogens (tertiary/aromatic N) is 1. The number of piperidine rings is 1. The lowest BCUT2D eigenvalue weighted by Gasteiger charge is -2.32. The highest BCUT2D eigenvalue weighted by Gasteiger charge is 2.25. The van der Waals surface area contributed by atoms with E-state index in [0.717, 1.165) is 24.9 Å². The summed E-state index contributed by atoms with van der Waals surface area (Å²) < 4.78 is 19.2. The van der Waals surface area contributed by atoms with E-state index < -0.39 is 0 Å². The molecule has 0 aliphatic carbocycles. The van der Waals surface area contributed by atoms with E-state index in [1.165, 1.54) is 6.07 Å². The maximum absolute atomic E-state index is 13.6. The van der Waals surface area contributed by atoms with Crippen molar-refractivity contribution in [2.24, 2.45) is 5.92 Å². The fourth-order valence-corrected chi connectivity index (χ4v) is 2.95. The number of hydrogen-bond donors (Lipinski definition) is 1. The van der Waals surface area contributed by atoms with Gasteiger partial charge in [-0.05, 0) is 43.5 Å². The summed E-state index contributed by atoms with van der Waals surface area (Å²) in [6.07, 6.45) is 3.76. The third kappa shape index (κ3) is 3.73. The van der Waals surface area contributed by atoms with Crippen molar-refractivity contribution < 1.29 is 13.9 Å². The second kappa shape index (κ2) is 6.86. The Balaban J connectivity index is 1.58. The van der Waals surface area contributed by atoms with Crippen molar-refractivity contribution >= 4 is 5.91 Å². The number of benzene rings is 1. The van der Waals surface area contributed by atoms with Gasteiger partial charge in [0.25, 0.3) is 5.91 Å². The highest BCUT2D eigenvalue weighted by molar-refractivity contribution is 5.92. The van der Waals surface area contributed by atoms with Gasteiger partial charge in [0.05, 0.1) is 6.61 Å². The number of likely N-dealkylation sites (tertiary alicyclic amines) is 1. The SMILES string of the molecule is Cc1c[nH]c(C(=O)N2CCCC(COc3ccccc3F)C2)c1. The molecular weight excluding hydrogens is 295 g/mol. The number of para-hydroxylation sites is 1. The minimum atomic E-state index is -0.349. The lowest BCUT2D eigenvalue weighted by Crippen LogP contribution is -2.41. The summed E-state index contributed by atoms with van der Waals surface area (Å²) in [4.78, 5) is 17.3. The molecule has 1 aromatic carbocycles. The molecule has 2 heterocycles. The maximum atomic E-state index is 13.6. The smallest absolute Gasteiger partial charge is 0.270 e. The molecular formula is C18H21FN2O2. The van der Waals surface area contributed by atoms with Crippen LogP contribution < -0.4 is 4.74 Å². The van der Waals surface area contributed by atoms with Crippen LogP contribution in [-0.4, -0.2) is 35.5 Å². The summed E-state index contributed by atoms with van der Waals surface area (Å²) >= 11 is 0. The summed E-state index contributed by atoms with van der Waals surface area (Å²) in [6.45, 7) is 3.78. The average molecular weight is 316 g/mol. The molecule has 1 N–H and O–H groups in total. The van der Waals surface area contributed by atoms with Gasteiger partial charge in [0.2, 0.25) is 0 Å². The predicted molar refractivity (Wildman–Crippen MR) is 86.1 cm³/mol. The summed E-state index contributed by atoms with van der Waals surface area (Å²) in [6, 6.07) is 8.27. The van der Waals surface area contributed by atoms with Gasteiger partial charge >= 0.3 is 0 Å². The number of carbonyl (C=O) groups excluding carboxylic acids is 1.